The Morgan fingerprint density at radius 3 is 3.06 bits per heavy atom. The SMILES string of the molecule is Cl.NCCNC(=O)c1cn(Cc2cccs2)nn1. The van der Waals surface area contributed by atoms with Crippen LogP contribution in [0.5, 0.6) is 0 Å². The van der Waals surface area contributed by atoms with E-state index < -0.39 is 0 Å². The van der Waals surface area contributed by atoms with Crippen LogP contribution in [-0.4, -0.2) is 34.0 Å². The number of halogens is 1. The first-order valence-electron chi connectivity index (χ1n) is 5.20. The van der Waals surface area contributed by atoms with E-state index in [-0.39, 0.29) is 18.3 Å². The molecule has 0 fully saturated rings. The van der Waals surface area contributed by atoms with Crippen LogP contribution in [0.2, 0.25) is 0 Å². The van der Waals surface area contributed by atoms with Crippen molar-refractivity contribution in [1.29, 1.82) is 0 Å². The van der Waals surface area contributed by atoms with Gasteiger partial charge in [-0.05, 0) is 11.4 Å². The zero-order valence-corrected chi connectivity index (χ0v) is 11.2. The summed E-state index contributed by atoms with van der Waals surface area (Å²) in [6.07, 6.45) is 1.63. The van der Waals surface area contributed by atoms with Gasteiger partial charge in [0, 0.05) is 18.0 Å². The van der Waals surface area contributed by atoms with Crippen molar-refractivity contribution in [2.75, 3.05) is 13.1 Å². The first-order chi connectivity index (χ1) is 8.29. The molecule has 2 heterocycles. The van der Waals surface area contributed by atoms with Crippen molar-refractivity contribution in [1.82, 2.24) is 20.3 Å². The maximum Gasteiger partial charge on any atom is 0.273 e. The van der Waals surface area contributed by atoms with Crippen molar-refractivity contribution in [2.45, 2.75) is 6.54 Å². The van der Waals surface area contributed by atoms with Gasteiger partial charge in [0.1, 0.15) is 0 Å². The van der Waals surface area contributed by atoms with Gasteiger partial charge in [0.2, 0.25) is 0 Å². The second-order valence-corrected chi connectivity index (χ2v) is 4.46. The van der Waals surface area contributed by atoms with Gasteiger partial charge in [-0.1, -0.05) is 11.3 Å². The summed E-state index contributed by atoms with van der Waals surface area (Å²) in [5.74, 6) is -0.243. The second-order valence-electron chi connectivity index (χ2n) is 3.43. The predicted octanol–water partition coefficient (Wildman–Crippen LogP) is 0.498. The van der Waals surface area contributed by atoms with Crippen molar-refractivity contribution in [3.63, 3.8) is 0 Å². The summed E-state index contributed by atoms with van der Waals surface area (Å²) in [7, 11) is 0. The van der Waals surface area contributed by atoms with E-state index in [1.54, 1.807) is 22.2 Å². The van der Waals surface area contributed by atoms with E-state index in [0.29, 0.717) is 25.3 Å². The molecule has 0 aliphatic rings. The quantitative estimate of drug-likeness (QED) is 0.838. The van der Waals surface area contributed by atoms with Crippen LogP contribution < -0.4 is 11.1 Å². The number of aromatic nitrogens is 3. The molecule has 2 aromatic rings. The third-order valence-electron chi connectivity index (χ3n) is 2.10. The highest BCUT2D eigenvalue weighted by Gasteiger charge is 2.09. The molecule has 0 spiro atoms. The standard InChI is InChI=1S/C10H13N5OS.ClH/c11-3-4-12-10(16)9-7-15(14-13-9)6-8-2-1-5-17-8;/h1-2,5,7H,3-4,6,11H2,(H,12,16);1H. The zero-order valence-electron chi connectivity index (χ0n) is 9.57. The molecular weight excluding hydrogens is 274 g/mol. The summed E-state index contributed by atoms with van der Waals surface area (Å²) in [4.78, 5) is 12.7. The van der Waals surface area contributed by atoms with Gasteiger partial charge in [-0.3, -0.25) is 4.79 Å². The summed E-state index contributed by atoms with van der Waals surface area (Å²) in [6.45, 7) is 1.49. The molecule has 98 valence electrons. The highest BCUT2D eigenvalue weighted by Crippen LogP contribution is 2.09. The van der Waals surface area contributed by atoms with E-state index in [2.05, 4.69) is 15.6 Å². The molecule has 0 saturated carbocycles. The third kappa shape index (κ3) is 3.80. The molecule has 0 unspecified atom stereocenters. The molecule has 0 saturated heterocycles. The minimum absolute atomic E-state index is 0. The molecule has 0 radical (unpaired) electrons. The van der Waals surface area contributed by atoms with Gasteiger partial charge < -0.3 is 11.1 Å². The summed E-state index contributed by atoms with van der Waals surface area (Å²) >= 11 is 1.64. The molecule has 0 bridgehead atoms. The average Bonchev–Trinajstić information content (AvgIpc) is 2.98. The molecule has 0 aromatic carbocycles. The van der Waals surface area contributed by atoms with Gasteiger partial charge in [-0.2, -0.15) is 0 Å². The van der Waals surface area contributed by atoms with Crippen LogP contribution in [0.3, 0.4) is 0 Å². The Balaban J connectivity index is 0.00000162. The number of thiophene rings is 1. The van der Waals surface area contributed by atoms with E-state index in [1.165, 1.54) is 4.88 Å². The van der Waals surface area contributed by atoms with Gasteiger partial charge in [0.15, 0.2) is 5.69 Å². The minimum Gasteiger partial charge on any atom is -0.349 e. The first kappa shape index (κ1) is 14.6. The van der Waals surface area contributed by atoms with Crippen LogP contribution in [0.4, 0.5) is 0 Å². The molecule has 1 amide bonds. The fourth-order valence-electron chi connectivity index (χ4n) is 1.32. The number of hydrogen-bond acceptors (Lipinski definition) is 5. The Kier molecular flexibility index (Phi) is 5.76. The Labute approximate surface area is 115 Å². The summed E-state index contributed by atoms with van der Waals surface area (Å²) in [5.41, 5.74) is 5.61. The number of nitrogens with two attached hydrogens (primary N) is 1. The number of hydrogen-bond donors (Lipinski definition) is 2. The molecule has 0 aliphatic heterocycles. The molecule has 8 heteroatoms. The van der Waals surface area contributed by atoms with Crippen molar-refractivity contribution < 1.29 is 4.79 Å². The van der Waals surface area contributed by atoms with Gasteiger partial charge >= 0.3 is 0 Å². The van der Waals surface area contributed by atoms with Crippen LogP contribution in [0.25, 0.3) is 0 Å². The van der Waals surface area contributed by atoms with Crippen molar-refractivity contribution in [3.8, 4) is 0 Å². The van der Waals surface area contributed by atoms with Crippen molar-refractivity contribution in [2.24, 2.45) is 5.73 Å². The smallest absolute Gasteiger partial charge is 0.273 e. The largest absolute Gasteiger partial charge is 0.349 e. The lowest BCUT2D eigenvalue weighted by Crippen LogP contribution is -2.29. The highest BCUT2D eigenvalue weighted by atomic mass is 35.5. The molecule has 0 atom stereocenters. The minimum atomic E-state index is -0.243. The number of carbonyl (C=O) groups excluding carboxylic acids is 1. The summed E-state index contributed by atoms with van der Waals surface area (Å²) in [6, 6.07) is 3.99. The van der Waals surface area contributed by atoms with Gasteiger partial charge in [0.25, 0.3) is 5.91 Å². The number of carbonyl (C=O) groups is 1. The van der Waals surface area contributed by atoms with E-state index in [4.69, 9.17) is 5.73 Å². The molecule has 2 aromatic heterocycles. The number of nitrogens with one attached hydrogen (secondary N) is 1. The van der Waals surface area contributed by atoms with E-state index in [0.717, 1.165) is 0 Å². The second kappa shape index (κ2) is 7.10. The first-order valence-corrected chi connectivity index (χ1v) is 6.08. The van der Waals surface area contributed by atoms with Crippen molar-refractivity contribution in [3.05, 3.63) is 34.3 Å². The summed E-state index contributed by atoms with van der Waals surface area (Å²) < 4.78 is 1.64. The number of amides is 1. The highest BCUT2D eigenvalue weighted by molar-refractivity contribution is 7.09. The lowest BCUT2D eigenvalue weighted by Gasteiger charge is -1.98. The zero-order chi connectivity index (χ0) is 12.1. The van der Waals surface area contributed by atoms with Crippen molar-refractivity contribution >= 4 is 29.7 Å². The van der Waals surface area contributed by atoms with E-state index >= 15 is 0 Å². The molecule has 2 rings (SSSR count). The Morgan fingerprint density at radius 2 is 2.39 bits per heavy atom. The normalized spacial score (nSPS) is 9.83. The molecule has 3 N–H and O–H groups in total. The Morgan fingerprint density at radius 1 is 1.56 bits per heavy atom. The maximum absolute atomic E-state index is 11.5. The van der Waals surface area contributed by atoms with E-state index in [1.807, 2.05) is 17.5 Å². The topological polar surface area (TPSA) is 85.8 Å². The fraction of sp³-hybridized carbons (Fsp3) is 0.300. The number of rotatable bonds is 5. The fourth-order valence-corrected chi connectivity index (χ4v) is 2.01. The van der Waals surface area contributed by atoms with Crippen LogP contribution in [0.15, 0.2) is 23.7 Å². The maximum atomic E-state index is 11.5. The lowest BCUT2D eigenvalue weighted by atomic mass is 10.4. The van der Waals surface area contributed by atoms with Gasteiger partial charge in [-0.25, -0.2) is 4.68 Å². The Hall–Kier alpha value is -1.44. The monoisotopic (exact) mass is 287 g/mol. The van der Waals surface area contributed by atoms with Crippen LogP contribution in [-0.2, 0) is 6.54 Å². The van der Waals surface area contributed by atoms with Crippen LogP contribution >= 0.6 is 23.7 Å². The molecule has 6 nitrogen and oxygen atoms in total. The lowest BCUT2D eigenvalue weighted by molar-refractivity contribution is 0.0949. The van der Waals surface area contributed by atoms with Gasteiger partial charge in [0.05, 0.1) is 12.7 Å². The van der Waals surface area contributed by atoms with Crippen LogP contribution in [0.1, 0.15) is 15.4 Å². The predicted molar refractivity (Wildman–Crippen MR) is 72.1 cm³/mol. The molecule has 18 heavy (non-hydrogen) atoms. The van der Waals surface area contributed by atoms with Gasteiger partial charge in [-0.15, -0.1) is 28.8 Å². The average molecular weight is 288 g/mol. The molecule has 0 aliphatic carbocycles. The molecular formula is C10H14ClN5OS. The summed E-state index contributed by atoms with van der Waals surface area (Å²) in [5, 5.41) is 12.4. The number of nitrogens with zero attached hydrogens (tertiary/aromatic N) is 3. The third-order valence-corrected chi connectivity index (χ3v) is 2.96. The Bertz CT molecular complexity index is 484. The van der Waals surface area contributed by atoms with Crippen LogP contribution in [0, 0.1) is 0 Å². The van der Waals surface area contributed by atoms with E-state index in [9.17, 15) is 4.79 Å².